The van der Waals surface area contributed by atoms with Crippen LogP contribution in [0.25, 0.3) is 0 Å². The Kier molecular flexibility index (Phi) is 4.47. The molecule has 1 aromatic rings. The zero-order valence-electron chi connectivity index (χ0n) is 12.6. The number of hydrogen-bond donors (Lipinski definition) is 1. The fourth-order valence-corrected chi connectivity index (χ4v) is 4.15. The van der Waals surface area contributed by atoms with Crippen LogP contribution in [-0.4, -0.2) is 25.3 Å². The number of aryl methyl sites for hydroxylation is 1. The topological polar surface area (TPSA) is 34.4 Å². The first-order valence-electron chi connectivity index (χ1n) is 8.15. The fraction of sp³-hybridized carbons (Fsp3) is 0.765. The number of nitrogens with one attached hydrogen (secondary N) is 1. The summed E-state index contributed by atoms with van der Waals surface area (Å²) < 4.78 is 11.6. The Bertz CT molecular complexity index is 395. The van der Waals surface area contributed by atoms with Crippen LogP contribution in [-0.2, 0) is 11.2 Å². The van der Waals surface area contributed by atoms with E-state index in [1.807, 2.05) is 6.07 Å². The van der Waals surface area contributed by atoms with Gasteiger partial charge in [0.25, 0.3) is 0 Å². The van der Waals surface area contributed by atoms with Crippen molar-refractivity contribution in [3.63, 3.8) is 0 Å². The molecule has 1 N–H and O–H groups in total. The molecule has 2 heterocycles. The summed E-state index contributed by atoms with van der Waals surface area (Å²) in [6.45, 7) is 0.948. The van der Waals surface area contributed by atoms with Gasteiger partial charge in [-0.2, -0.15) is 0 Å². The molecule has 3 heteroatoms. The lowest BCUT2D eigenvalue weighted by atomic mass is 9.79. The van der Waals surface area contributed by atoms with Gasteiger partial charge in [0.05, 0.1) is 11.9 Å². The summed E-state index contributed by atoms with van der Waals surface area (Å²) in [5.41, 5.74) is 0.225. The molecule has 112 valence electrons. The van der Waals surface area contributed by atoms with E-state index in [1.165, 1.54) is 38.5 Å². The molecular formula is C17H27NO2. The molecular weight excluding hydrogens is 250 g/mol. The maximum absolute atomic E-state index is 6.16. The van der Waals surface area contributed by atoms with Crippen molar-refractivity contribution < 1.29 is 9.15 Å². The Labute approximate surface area is 122 Å². The molecule has 0 radical (unpaired) electrons. The quantitative estimate of drug-likeness (QED) is 0.894. The van der Waals surface area contributed by atoms with E-state index in [9.17, 15) is 0 Å². The van der Waals surface area contributed by atoms with Crippen LogP contribution in [0.3, 0.4) is 0 Å². The van der Waals surface area contributed by atoms with E-state index < -0.39 is 0 Å². The molecule has 0 amide bonds. The zero-order valence-corrected chi connectivity index (χ0v) is 12.6. The Morgan fingerprint density at radius 2 is 2.25 bits per heavy atom. The van der Waals surface area contributed by atoms with E-state index in [1.54, 1.807) is 6.26 Å². The normalized spacial score (nSPS) is 26.9. The van der Waals surface area contributed by atoms with E-state index in [4.69, 9.17) is 9.15 Å². The molecule has 3 nitrogen and oxygen atoms in total. The van der Waals surface area contributed by atoms with Gasteiger partial charge < -0.3 is 14.5 Å². The van der Waals surface area contributed by atoms with Gasteiger partial charge in [-0.05, 0) is 57.2 Å². The van der Waals surface area contributed by atoms with Crippen molar-refractivity contribution in [2.75, 3.05) is 13.7 Å². The van der Waals surface area contributed by atoms with Crippen LogP contribution < -0.4 is 5.32 Å². The highest BCUT2D eigenvalue weighted by Gasteiger charge is 2.41. The minimum absolute atomic E-state index is 0.225. The molecule has 1 aromatic heterocycles. The smallest absolute Gasteiger partial charge is 0.103 e. The van der Waals surface area contributed by atoms with E-state index in [0.717, 1.165) is 31.1 Å². The van der Waals surface area contributed by atoms with Gasteiger partial charge in [-0.3, -0.25) is 0 Å². The lowest BCUT2D eigenvalue weighted by Gasteiger charge is -2.41. The van der Waals surface area contributed by atoms with Crippen LogP contribution >= 0.6 is 0 Å². The van der Waals surface area contributed by atoms with Gasteiger partial charge in [-0.1, -0.05) is 12.8 Å². The zero-order chi connectivity index (χ0) is 13.8. The van der Waals surface area contributed by atoms with Gasteiger partial charge >= 0.3 is 0 Å². The summed E-state index contributed by atoms with van der Waals surface area (Å²) >= 11 is 0. The predicted octanol–water partition coefficient (Wildman–Crippen LogP) is 3.54. The summed E-state index contributed by atoms with van der Waals surface area (Å²) in [7, 11) is 2.10. The summed E-state index contributed by atoms with van der Waals surface area (Å²) in [5, 5.41) is 3.54. The highest BCUT2D eigenvalue weighted by atomic mass is 16.5. The predicted molar refractivity (Wildman–Crippen MR) is 79.8 cm³/mol. The lowest BCUT2D eigenvalue weighted by molar-refractivity contribution is -0.0979. The first-order valence-corrected chi connectivity index (χ1v) is 8.15. The summed E-state index contributed by atoms with van der Waals surface area (Å²) in [6.07, 6.45) is 11.7. The minimum atomic E-state index is 0.225. The van der Waals surface area contributed by atoms with E-state index in [0.29, 0.717) is 6.04 Å². The average molecular weight is 277 g/mol. The van der Waals surface area contributed by atoms with Crippen LogP contribution in [0, 0.1) is 5.92 Å². The van der Waals surface area contributed by atoms with Gasteiger partial charge in [-0.25, -0.2) is 0 Å². The van der Waals surface area contributed by atoms with Crippen molar-refractivity contribution in [2.24, 2.45) is 5.92 Å². The summed E-state index contributed by atoms with van der Waals surface area (Å²) in [4.78, 5) is 0. The van der Waals surface area contributed by atoms with E-state index >= 15 is 0 Å². The number of ether oxygens (including phenoxy) is 1. The van der Waals surface area contributed by atoms with Crippen molar-refractivity contribution in [2.45, 2.75) is 63.0 Å². The monoisotopic (exact) mass is 277 g/mol. The maximum atomic E-state index is 6.16. The average Bonchev–Trinajstić information content (AvgIpc) is 3.12. The van der Waals surface area contributed by atoms with Crippen LogP contribution in [0.15, 0.2) is 22.8 Å². The minimum Gasteiger partial charge on any atom is -0.469 e. The second-order valence-corrected chi connectivity index (χ2v) is 6.50. The van der Waals surface area contributed by atoms with Crippen molar-refractivity contribution in [3.8, 4) is 0 Å². The van der Waals surface area contributed by atoms with Crippen LogP contribution in [0.4, 0.5) is 0 Å². The van der Waals surface area contributed by atoms with Gasteiger partial charge in [-0.15, -0.1) is 0 Å². The molecule has 1 aliphatic carbocycles. The summed E-state index contributed by atoms with van der Waals surface area (Å²) in [5.74, 6) is 1.86. The second kappa shape index (κ2) is 6.31. The van der Waals surface area contributed by atoms with Crippen molar-refractivity contribution >= 4 is 0 Å². The maximum Gasteiger partial charge on any atom is 0.103 e. The molecule has 2 fully saturated rings. The lowest BCUT2D eigenvalue weighted by Crippen LogP contribution is -2.45. The van der Waals surface area contributed by atoms with Crippen molar-refractivity contribution in [3.05, 3.63) is 24.2 Å². The first-order chi connectivity index (χ1) is 9.81. The number of furan rings is 1. The van der Waals surface area contributed by atoms with Crippen molar-refractivity contribution in [1.29, 1.82) is 0 Å². The van der Waals surface area contributed by atoms with E-state index in [-0.39, 0.29) is 5.60 Å². The fourth-order valence-electron chi connectivity index (χ4n) is 4.15. The summed E-state index contributed by atoms with van der Waals surface area (Å²) in [6, 6.07) is 4.64. The Hall–Kier alpha value is -0.800. The molecule has 1 saturated carbocycles. The number of hydrogen-bond acceptors (Lipinski definition) is 3. The van der Waals surface area contributed by atoms with E-state index in [2.05, 4.69) is 18.4 Å². The molecule has 1 aliphatic heterocycles. The Morgan fingerprint density at radius 1 is 1.40 bits per heavy atom. The third kappa shape index (κ3) is 3.09. The third-order valence-corrected chi connectivity index (χ3v) is 5.27. The highest BCUT2D eigenvalue weighted by Crippen LogP contribution is 2.43. The molecule has 0 aromatic carbocycles. The van der Waals surface area contributed by atoms with Gasteiger partial charge in [0, 0.05) is 19.1 Å². The second-order valence-electron chi connectivity index (χ2n) is 6.50. The standard InChI is InChI=1S/C17H27NO2/c1-18-16(7-6-15-5-4-11-19-15)14-8-12-20-17(13-14)9-2-3-10-17/h4-5,11,14,16,18H,2-3,6-10,12-13H2,1H3. The van der Waals surface area contributed by atoms with Gasteiger partial charge in [0.1, 0.15) is 5.76 Å². The molecule has 3 rings (SSSR count). The Morgan fingerprint density at radius 3 is 2.95 bits per heavy atom. The molecule has 1 spiro atoms. The molecule has 2 unspecified atom stereocenters. The molecule has 0 bridgehead atoms. The van der Waals surface area contributed by atoms with Crippen LogP contribution in [0.2, 0.25) is 0 Å². The largest absolute Gasteiger partial charge is 0.469 e. The first kappa shape index (κ1) is 14.2. The number of rotatable bonds is 5. The van der Waals surface area contributed by atoms with Crippen LogP contribution in [0.5, 0.6) is 0 Å². The Balaban J connectivity index is 1.57. The SMILES string of the molecule is CNC(CCc1ccco1)C1CCOC2(CCCC2)C1. The van der Waals surface area contributed by atoms with Crippen LogP contribution in [0.1, 0.15) is 50.7 Å². The molecule has 20 heavy (non-hydrogen) atoms. The van der Waals surface area contributed by atoms with Gasteiger partial charge in [0.15, 0.2) is 0 Å². The van der Waals surface area contributed by atoms with Gasteiger partial charge in [0.2, 0.25) is 0 Å². The van der Waals surface area contributed by atoms with Crippen molar-refractivity contribution in [1.82, 2.24) is 5.32 Å². The highest BCUT2D eigenvalue weighted by molar-refractivity contribution is 5.00. The molecule has 1 saturated heterocycles. The molecule has 2 atom stereocenters. The third-order valence-electron chi connectivity index (χ3n) is 5.27. The molecule has 2 aliphatic rings.